The maximum atomic E-state index is 11.5. The molecule has 2 N–H and O–H groups in total. The van der Waals surface area contributed by atoms with Crippen LogP contribution in [-0.2, 0) is 0 Å². The summed E-state index contributed by atoms with van der Waals surface area (Å²) in [6, 6.07) is 0. The zero-order valence-corrected chi connectivity index (χ0v) is 8.00. The monoisotopic (exact) mass is 178 g/mol. The van der Waals surface area contributed by atoms with Gasteiger partial charge < -0.3 is 5.73 Å². The van der Waals surface area contributed by atoms with E-state index in [0.717, 1.165) is 12.0 Å². The fourth-order valence-corrected chi connectivity index (χ4v) is 1.18. The molecule has 0 bridgehead atoms. The van der Waals surface area contributed by atoms with Crippen molar-refractivity contribution in [2.45, 2.75) is 26.7 Å². The maximum absolute atomic E-state index is 11.5. The van der Waals surface area contributed by atoms with Crippen molar-refractivity contribution >= 4 is 11.5 Å². The molecule has 0 aliphatic carbocycles. The predicted molar refractivity (Wildman–Crippen MR) is 52.6 cm³/mol. The zero-order valence-electron chi connectivity index (χ0n) is 8.00. The summed E-state index contributed by atoms with van der Waals surface area (Å²) in [5.74, 6) is 0.125. The standard InChI is InChI=1S/C10H14N2O/c1-3-4-10(13)8-5-12-6-9(11)7(8)2/h5-6H,3-4,11H2,1-2H3. The minimum absolute atomic E-state index is 0.125. The fourth-order valence-electron chi connectivity index (χ4n) is 1.18. The molecule has 0 unspecified atom stereocenters. The van der Waals surface area contributed by atoms with Crippen LogP contribution in [0.15, 0.2) is 12.4 Å². The van der Waals surface area contributed by atoms with Gasteiger partial charge in [0.15, 0.2) is 5.78 Å². The topological polar surface area (TPSA) is 56.0 Å². The molecule has 1 aromatic heterocycles. The highest BCUT2D eigenvalue weighted by Crippen LogP contribution is 2.15. The van der Waals surface area contributed by atoms with Gasteiger partial charge in [-0.1, -0.05) is 6.92 Å². The molecular formula is C10H14N2O. The lowest BCUT2D eigenvalue weighted by molar-refractivity contribution is 0.0981. The zero-order chi connectivity index (χ0) is 9.84. The molecule has 0 aromatic carbocycles. The third-order valence-corrected chi connectivity index (χ3v) is 2.03. The Morgan fingerprint density at radius 1 is 1.54 bits per heavy atom. The highest BCUT2D eigenvalue weighted by atomic mass is 16.1. The second-order valence-electron chi connectivity index (χ2n) is 3.07. The Hall–Kier alpha value is -1.38. The Balaban J connectivity index is 3.01. The molecule has 0 fully saturated rings. The minimum atomic E-state index is 0.125. The number of anilines is 1. The molecule has 0 radical (unpaired) electrons. The van der Waals surface area contributed by atoms with E-state index in [0.29, 0.717) is 17.7 Å². The smallest absolute Gasteiger partial charge is 0.164 e. The number of hydrogen-bond acceptors (Lipinski definition) is 3. The summed E-state index contributed by atoms with van der Waals surface area (Å²) in [7, 11) is 0. The van der Waals surface area contributed by atoms with E-state index in [-0.39, 0.29) is 5.78 Å². The molecule has 1 rings (SSSR count). The molecule has 0 amide bonds. The molecule has 0 saturated carbocycles. The first-order valence-electron chi connectivity index (χ1n) is 4.40. The molecule has 3 heteroatoms. The number of carbonyl (C=O) groups is 1. The number of hydrogen-bond donors (Lipinski definition) is 1. The van der Waals surface area contributed by atoms with Crippen molar-refractivity contribution in [3.05, 3.63) is 23.5 Å². The Labute approximate surface area is 78.0 Å². The van der Waals surface area contributed by atoms with Crippen LogP contribution >= 0.6 is 0 Å². The lowest BCUT2D eigenvalue weighted by atomic mass is 10.0. The molecule has 0 aliphatic rings. The van der Waals surface area contributed by atoms with Crippen molar-refractivity contribution in [2.75, 3.05) is 5.73 Å². The van der Waals surface area contributed by atoms with Gasteiger partial charge in [0.2, 0.25) is 0 Å². The molecule has 70 valence electrons. The lowest BCUT2D eigenvalue weighted by Crippen LogP contribution is -2.04. The van der Waals surface area contributed by atoms with E-state index in [1.165, 1.54) is 0 Å². The first-order valence-corrected chi connectivity index (χ1v) is 4.40. The van der Waals surface area contributed by atoms with Gasteiger partial charge in [-0.05, 0) is 18.9 Å². The van der Waals surface area contributed by atoms with Gasteiger partial charge in [0.25, 0.3) is 0 Å². The van der Waals surface area contributed by atoms with Gasteiger partial charge in [0.1, 0.15) is 0 Å². The molecule has 13 heavy (non-hydrogen) atoms. The summed E-state index contributed by atoms with van der Waals surface area (Å²) in [5, 5.41) is 0. The van der Waals surface area contributed by atoms with Crippen molar-refractivity contribution in [1.29, 1.82) is 0 Å². The van der Waals surface area contributed by atoms with Crippen LogP contribution in [0.4, 0.5) is 5.69 Å². The van der Waals surface area contributed by atoms with Crippen LogP contribution in [0.2, 0.25) is 0 Å². The van der Waals surface area contributed by atoms with E-state index in [4.69, 9.17) is 5.73 Å². The molecular weight excluding hydrogens is 164 g/mol. The van der Waals surface area contributed by atoms with E-state index in [2.05, 4.69) is 4.98 Å². The molecule has 0 aliphatic heterocycles. The highest BCUT2D eigenvalue weighted by molar-refractivity contribution is 5.98. The van der Waals surface area contributed by atoms with E-state index in [9.17, 15) is 4.79 Å². The molecule has 0 saturated heterocycles. The van der Waals surface area contributed by atoms with Crippen LogP contribution in [0.3, 0.4) is 0 Å². The van der Waals surface area contributed by atoms with Gasteiger partial charge in [-0.25, -0.2) is 0 Å². The fraction of sp³-hybridized carbons (Fsp3) is 0.400. The summed E-state index contributed by atoms with van der Waals surface area (Å²) in [6.45, 7) is 3.83. The van der Waals surface area contributed by atoms with Gasteiger partial charge in [-0.2, -0.15) is 0 Å². The summed E-state index contributed by atoms with van der Waals surface area (Å²) in [6.07, 6.45) is 4.57. The molecule has 3 nitrogen and oxygen atoms in total. The Bertz CT molecular complexity index is 321. The quantitative estimate of drug-likeness (QED) is 0.720. The lowest BCUT2D eigenvalue weighted by Gasteiger charge is -2.05. The van der Waals surface area contributed by atoms with Crippen LogP contribution in [0.25, 0.3) is 0 Å². The minimum Gasteiger partial charge on any atom is -0.397 e. The number of nitrogens with zero attached hydrogens (tertiary/aromatic N) is 1. The van der Waals surface area contributed by atoms with Crippen molar-refractivity contribution in [2.24, 2.45) is 0 Å². The van der Waals surface area contributed by atoms with E-state index < -0.39 is 0 Å². The van der Waals surface area contributed by atoms with Gasteiger partial charge in [0.05, 0.1) is 11.9 Å². The maximum Gasteiger partial charge on any atom is 0.164 e. The normalized spacial score (nSPS) is 10.0. The summed E-state index contributed by atoms with van der Waals surface area (Å²) >= 11 is 0. The number of nitrogens with two attached hydrogens (primary N) is 1. The van der Waals surface area contributed by atoms with Gasteiger partial charge >= 0.3 is 0 Å². The molecule has 0 atom stereocenters. The number of carbonyl (C=O) groups excluding carboxylic acids is 1. The largest absolute Gasteiger partial charge is 0.397 e. The number of Topliss-reactive ketones (excluding diaryl/α,β-unsaturated/α-hetero) is 1. The van der Waals surface area contributed by atoms with Crippen LogP contribution in [0.5, 0.6) is 0 Å². The summed E-state index contributed by atoms with van der Waals surface area (Å²) in [5.41, 5.74) is 7.72. The number of ketones is 1. The molecule has 1 heterocycles. The number of rotatable bonds is 3. The first kappa shape index (κ1) is 9.71. The molecule has 0 spiro atoms. The third-order valence-electron chi connectivity index (χ3n) is 2.03. The predicted octanol–water partition coefficient (Wildman–Crippen LogP) is 1.96. The average molecular weight is 178 g/mol. The van der Waals surface area contributed by atoms with Crippen molar-refractivity contribution in [3.8, 4) is 0 Å². The van der Waals surface area contributed by atoms with Gasteiger partial charge in [0, 0.05) is 18.2 Å². The van der Waals surface area contributed by atoms with Crippen LogP contribution in [0, 0.1) is 6.92 Å². The second kappa shape index (κ2) is 4.03. The van der Waals surface area contributed by atoms with E-state index in [1.54, 1.807) is 12.4 Å². The summed E-state index contributed by atoms with van der Waals surface area (Å²) in [4.78, 5) is 15.4. The van der Waals surface area contributed by atoms with E-state index >= 15 is 0 Å². The second-order valence-corrected chi connectivity index (χ2v) is 3.07. The van der Waals surface area contributed by atoms with Gasteiger partial charge in [-0.3, -0.25) is 9.78 Å². The van der Waals surface area contributed by atoms with E-state index in [1.807, 2.05) is 13.8 Å². The van der Waals surface area contributed by atoms with Crippen LogP contribution in [0.1, 0.15) is 35.7 Å². The molecule has 1 aromatic rings. The Kier molecular flexibility index (Phi) is 3.01. The van der Waals surface area contributed by atoms with Crippen molar-refractivity contribution in [1.82, 2.24) is 4.98 Å². The number of aromatic nitrogens is 1. The van der Waals surface area contributed by atoms with Crippen LogP contribution < -0.4 is 5.73 Å². The SMILES string of the molecule is CCCC(=O)c1cncc(N)c1C. The van der Waals surface area contributed by atoms with Gasteiger partial charge in [-0.15, -0.1) is 0 Å². The Morgan fingerprint density at radius 3 is 2.85 bits per heavy atom. The average Bonchev–Trinajstić information content (AvgIpc) is 2.10. The summed E-state index contributed by atoms with van der Waals surface area (Å²) < 4.78 is 0. The number of nitrogen functional groups attached to an aromatic ring is 1. The Morgan fingerprint density at radius 2 is 2.23 bits per heavy atom. The third kappa shape index (κ3) is 2.05. The van der Waals surface area contributed by atoms with Crippen molar-refractivity contribution in [3.63, 3.8) is 0 Å². The first-order chi connectivity index (χ1) is 6.16. The number of pyridine rings is 1. The van der Waals surface area contributed by atoms with Crippen molar-refractivity contribution < 1.29 is 4.79 Å². The highest BCUT2D eigenvalue weighted by Gasteiger charge is 2.09. The van der Waals surface area contributed by atoms with Crippen LogP contribution in [-0.4, -0.2) is 10.8 Å².